The van der Waals surface area contributed by atoms with E-state index in [0.29, 0.717) is 0 Å². The second-order valence-corrected chi connectivity index (χ2v) is 8.55. The standard InChI is InChI=1S/C18H34N2O/c1-17(2,3)19-14-16-7-4-5-11-20(16)15-8-12-21-18(13-15)9-6-10-18/h15-16,19H,4-14H2,1-3H3. The summed E-state index contributed by atoms with van der Waals surface area (Å²) in [6.07, 6.45) is 10.7. The highest BCUT2D eigenvalue weighted by Crippen LogP contribution is 2.44. The van der Waals surface area contributed by atoms with E-state index in [2.05, 4.69) is 31.0 Å². The number of nitrogens with zero attached hydrogens (tertiary/aromatic N) is 1. The molecule has 0 aromatic rings. The van der Waals surface area contributed by atoms with Gasteiger partial charge in [-0.25, -0.2) is 0 Å². The van der Waals surface area contributed by atoms with Crippen molar-refractivity contribution in [2.75, 3.05) is 19.7 Å². The second-order valence-electron chi connectivity index (χ2n) is 8.55. The van der Waals surface area contributed by atoms with E-state index in [4.69, 9.17) is 4.74 Å². The smallest absolute Gasteiger partial charge is 0.0697 e. The Morgan fingerprint density at radius 2 is 1.95 bits per heavy atom. The highest BCUT2D eigenvalue weighted by molar-refractivity contribution is 4.98. The van der Waals surface area contributed by atoms with Crippen molar-refractivity contribution in [1.82, 2.24) is 10.2 Å². The monoisotopic (exact) mass is 294 g/mol. The van der Waals surface area contributed by atoms with Gasteiger partial charge in [-0.15, -0.1) is 0 Å². The lowest BCUT2D eigenvalue weighted by Gasteiger charge is -2.52. The van der Waals surface area contributed by atoms with Crippen LogP contribution < -0.4 is 5.32 Å². The SMILES string of the molecule is CC(C)(C)NCC1CCCCN1C1CCOC2(CCC2)C1. The molecule has 0 aromatic carbocycles. The number of likely N-dealkylation sites (tertiary alicyclic amines) is 1. The zero-order valence-electron chi connectivity index (χ0n) is 14.3. The molecule has 3 aliphatic rings. The molecule has 1 aliphatic carbocycles. The van der Waals surface area contributed by atoms with Gasteiger partial charge < -0.3 is 10.1 Å². The lowest BCUT2D eigenvalue weighted by molar-refractivity contribution is -0.153. The van der Waals surface area contributed by atoms with Crippen molar-refractivity contribution in [3.05, 3.63) is 0 Å². The first-order valence-corrected chi connectivity index (χ1v) is 9.12. The van der Waals surface area contributed by atoms with E-state index in [9.17, 15) is 0 Å². The number of rotatable bonds is 3. The highest BCUT2D eigenvalue weighted by Gasteiger charge is 2.45. The van der Waals surface area contributed by atoms with Crippen LogP contribution in [0.4, 0.5) is 0 Å². The van der Waals surface area contributed by atoms with Gasteiger partial charge >= 0.3 is 0 Å². The Kier molecular flexibility index (Phi) is 4.63. The second kappa shape index (κ2) is 6.17. The molecule has 0 amide bonds. The number of hydrogen-bond donors (Lipinski definition) is 1. The molecule has 1 saturated carbocycles. The van der Waals surface area contributed by atoms with Crippen molar-refractivity contribution in [3.8, 4) is 0 Å². The minimum absolute atomic E-state index is 0.230. The minimum Gasteiger partial charge on any atom is -0.375 e. The van der Waals surface area contributed by atoms with E-state index in [1.165, 1.54) is 57.9 Å². The number of hydrogen-bond acceptors (Lipinski definition) is 3. The quantitative estimate of drug-likeness (QED) is 0.864. The van der Waals surface area contributed by atoms with Crippen molar-refractivity contribution in [2.45, 2.75) is 95.4 Å². The molecule has 0 bridgehead atoms. The average Bonchev–Trinajstić information content (AvgIpc) is 2.43. The van der Waals surface area contributed by atoms with E-state index in [-0.39, 0.29) is 11.1 Å². The van der Waals surface area contributed by atoms with Crippen LogP contribution in [0.3, 0.4) is 0 Å². The topological polar surface area (TPSA) is 24.5 Å². The first-order valence-electron chi connectivity index (χ1n) is 9.12. The highest BCUT2D eigenvalue weighted by atomic mass is 16.5. The first-order chi connectivity index (χ1) is 9.98. The van der Waals surface area contributed by atoms with Gasteiger partial charge in [0.2, 0.25) is 0 Å². The Hall–Kier alpha value is -0.120. The Balaban J connectivity index is 1.60. The van der Waals surface area contributed by atoms with Crippen LogP contribution >= 0.6 is 0 Å². The van der Waals surface area contributed by atoms with Crippen molar-refractivity contribution in [2.24, 2.45) is 0 Å². The van der Waals surface area contributed by atoms with E-state index >= 15 is 0 Å². The molecule has 3 nitrogen and oxygen atoms in total. The van der Waals surface area contributed by atoms with Gasteiger partial charge in [0.25, 0.3) is 0 Å². The third kappa shape index (κ3) is 3.80. The summed E-state index contributed by atoms with van der Waals surface area (Å²) in [6, 6.07) is 1.50. The molecule has 0 radical (unpaired) electrons. The van der Waals surface area contributed by atoms with Gasteiger partial charge in [-0.05, 0) is 72.3 Å². The fourth-order valence-corrected chi connectivity index (χ4v) is 4.35. The van der Waals surface area contributed by atoms with Crippen molar-refractivity contribution < 1.29 is 4.74 Å². The van der Waals surface area contributed by atoms with E-state index < -0.39 is 0 Å². The molecule has 1 N–H and O–H groups in total. The third-order valence-electron chi connectivity index (χ3n) is 5.74. The molecule has 3 heteroatoms. The fourth-order valence-electron chi connectivity index (χ4n) is 4.35. The Bertz CT molecular complexity index is 346. The van der Waals surface area contributed by atoms with Crippen molar-refractivity contribution >= 4 is 0 Å². The predicted molar refractivity (Wildman–Crippen MR) is 87.7 cm³/mol. The summed E-state index contributed by atoms with van der Waals surface area (Å²) in [4.78, 5) is 2.84. The van der Waals surface area contributed by atoms with E-state index in [0.717, 1.165) is 25.2 Å². The summed E-state index contributed by atoms with van der Waals surface area (Å²) in [7, 11) is 0. The molecule has 0 aromatic heterocycles. The Labute approximate surface area is 130 Å². The van der Waals surface area contributed by atoms with Gasteiger partial charge in [0, 0.05) is 30.8 Å². The maximum absolute atomic E-state index is 6.13. The van der Waals surface area contributed by atoms with Gasteiger partial charge in [-0.3, -0.25) is 4.90 Å². The summed E-state index contributed by atoms with van der Waals surface area (Å²) in [6.45, 7) is 10.3. The van der Waals surface area contributed by atoms with Crippen LogP contribution in [0.15, 0.2) is 0 Å². The van der Waals surface area contributed by atoms with Crippen molar-refractivity contribution in [1.29, 1.82) is 0 Å². The number of ether oxygens (including phenoxy) is 1. The molecule has 21 heavy (non-hydrogen) atoms. The Morgan fingerprint density at radius 3 is 2.62 bits per heavy atom. The molecule has 122 valence electrons. The normalized spacial score (nSPS) is 33.9. The van der Waals surface area contributed by atoms with Crippen LogP contribution in [0.1, 0.15) is 72.1 Å². The number of piperidine rings is 1. The summed E-state index contributed by atoms with van der Waals surface area (Å²) < 4.78 is 6.13. The minimum atomic E-state index is 0.230. The maximum Gasteiger partial charge on any atom is 0.0697 e. The average molecular weight is 294 g/mol. The lowest BCUT2D eigenvalue weighted by Crippen LogP contribution is -2.58. The molecule has 2 aliphatic heterocycles. The summed E-state index contributed by atoms with van der Waals surface area (Å²) >= 11 is 0. The van der Waals surface area contributed by atoms with Gasteiger partial charge in [0.05, 0.1) is 5.60 Å². The van der Waals surface area contributed by atoms with Gasteiger partial charge in [-0.2, -0.15) is 0 Å². The zero-order chi connectivity index (χ0) is 14.9. The third-order valence-corrected chi connectivity index (χ3v) is 5.74. The molecular weight excluding hydrogens is 260 g/mol. The lowest BCUT2D eigenvalue weighted by atomic mass is 9.73. The van der Waals surface area contributed by atoms with Crippen LogP contribution in [0, 0.1) is 0 Å². The first kappa shape index (κ1) is 15.8. The predicted octanol–water partition coefficient (Wildman–Crippen LogP) is 3.33. The van der Waals surface area contributed by atoms with Crippen molar-refractivity contribution in [3.63, 3.8) is 0 Å². The maximum atomic E-state index is 6.13. The van der Waals surface area contributed by atoms with Crippen LogP contribution in [0.2, 0.25) is 0 Å². The molecule has 1 spiro atoms. The summed E-state index contributed by atoms with van der Waals surface area (Å²) in [5.41, 5.74) is 0.510. The molecular formula is C18H34N2O. The van der Waals surface area contributed by atoms with E-state index in [1.807, 2.05) is 0 Å². The van der Waals surface area contributed by atoms with Crippen LogP contribution in [-0.2, 0) is 4.74 Å². The molecule has 2 unspecified atom stereocenters. The molecule has 2 atom stereocenters. The van der Waals surface area contributed by atoms with Crippen LogP contribution in [0.25, 0.3) is 0 Å². The van der Waals surface area contributed by atoms with Crippen LogP contribution in [0.5, 0.6) is 0 Å². The zero-order valence-corrected chi connectivity index (χ0v) is 14.3. The molecule has 2 saturated heterocycles. The van der Waals surface area contributed by atoms with Crippen LogP contribution in [-0.4, -0.2) is 47.8 Å². The van der Waals surface area contributed by atoms with Gasteiger partial charge in [0.15, 0.2) is 0 Å². The number of nitrogens with one attached hydrogen (secondary N) is 1. The molecule has 2 heterocycles. The van der Waals surface area contributed by atoms with Gasteiger partial charge in [0.1, 0.15) is 0 Å². The molecule has 3 fully saturated rings. The van der Waals surface area contributed by atoms with E-state index in [1.54, 1.807) is 0 Å². The Morgan fingerprint density at radius 1 is 1.14 bits per heavy atom. The molecule has 3 rings (SSSR count). The fraction of sp³-hybridized carbons (Fsp3) is 1.00. The summed E-state index contributed by atoms with van der Waals surface area (Å²) in [5, 5.41) is 3.74. The van der Waals surface area contributed by atoms with Gasteiger partial charge in [-0.1, -0.05) is 6.42 Å². The largest absolute Gasteiger partial charge is 0.375 e. The summed E-state index contributed by atoms with van der Waals surface area (Å²) in [5.74, 6) is 0.